The highest BCUT2D eigenvalue weighted by molar-refractivity contribution is 7.89. The second-order valence-electron chi connectivity index (χ2n) is 7.61. The van der Waals surface area contributed by atoms with Gasteiger partial charge in [-0.3, -0.25) is 4.90 Å². The van der Waals surface area contributed by atoms with E-state index in [9.17, 15) is 21.6 Å². The standard InChI is InChI=1S/C21H21F3N4O3S/c1-13-11-15(3-5-17(13)23)20-25-21(31-26-20)14(2)27-7-9-28(10-8-27)32(29,30)19-6-4-16(22)12-18(19)24/h3-6,11-12,14H,7-10H2,1-2H3. The SMILES string of the molecule is Cc1cc(-c2noc(C(C)N3CCN(S(=O)(=O)c4ccc(F)cc4F)CC3)n2)ccc1F. The van der Waals surface area contributed by atoms with Crippen LogP contribution in [-0.2, 0) is 10.0 Å². The summed E-state index contributed by atoms with van der Waals surface area (Å²) in [5, 5.41) is 3.97. The molecule has 0 aliphatic carbocycles. The van der Waals surface area contributed by atoms with Crippen molar-refractivity contribution in [3.63, 3.8) is 0 Å². The first-order valence-corrected chi connectivity index (χ1v) is 11.4. The minimum atomic E-state index is -4.08. The molecule has 0 spiro atoms. The molecule has 170 valence electrons. The number of rotatable bonds is 5. The summed E-state index contributed by atoms with van der Waals surface area (Å²) in [6.45, 7) is 4.47. The zero-order valence-electron chi connectivity index (χ0n) is 17.4. The van der Waals surface area contributed by atoms with Gasteiger partial charge in [-0.2, -0.15) is 9.29 Å². The van der Waals surface area contributed by atoms with Gasteiger partial charge in [-0.15, -0.1) is 0 Å². The lowest BCUT2D eigenvalue weighted by Gasteiger charge is -2.36. The topological polar surface area (TPSA) is 79.5 Å². The highest BCUT2D eigenvalue weighted by Gasteiger charge is 2.33. The van der Waals surface area contributed by atoms with Crippen LogP contribution in [0.4, 0.5) is 13.2 Å². The van der Waals surface area contributed by atoms with Crippen LogP contribution in [0.15, 0.2) is 45.8 Å². The molecule has 2 aromatic carbocycles. The molecule has 0 saturated carbocycles. The molecular formula is C21H21F3N4O3S. The predicted octanol–water partition coefficient (Wildman–Crippen LogP) is 3.53. The summed E-state index contributed by atoms with van der Waals surface area (Å²) in [6, 6.07) is 6.67. The summed E-state index contributed by atoms with van der Waals surface area (Å²) < 4.78 is 72.7. The van der Waals surface area contributed by atoms with E-state index in [1.807, 2.05) is 11.8 Å². The fourth-order valence-corrected chi connectivity index (χ4v) is 5.08. The zero-order chi connectivity index (χ0) is 23.0. The average molecular weight is 466 g/mol. The molecule has 3 aromatic rings. The quantitative estimate of drug-likeness (QED) is 0.573. The van der Waals surface area contributed by atoms with Gasteiger partial charge >= 0.3 is 0 Å². The Hall–Kier alpha value is -2.76. The summed E-state index contributed by atoms with van der Waals surface area (Å²) in [5.41, 5.74) is 1.10. The van der Waals surface area contributed by atoms with Crippen molar-refractivity contribution < 1.29 is 26.1 Å². The Morgan fingerprint density at radius 1 is 1.00 bits per heavy atom. The van der Waals surface area contributed by atoms with Crippen LogP contribution in [0.5, 0.6) is 0 Å². The molecule has 0 bridgehead atoms. The van der Waals surface area contributed by atoms with Gasteiger partial charge in [0, 0.05) is 37.8 Å². The summed E-state index contributed by atoms with van der Waals surface area (Å²) in [5.74, 6) is -1.59. The molecule has 1 unspecified atom stereocenters. The van der Waals surface area contributed by atoms with E-state index in [2.05, 4.69) is 10.1 Å². The van der Waals surface area contributed by atoms with Crippen LogP contribution in [0.1, 0.15) is 24.4 Å². The molecule has 0 N–H and O–H groups in total. The Morgan fingerprint density at radius 3 is 2.38 bits per heavy atom. The van der Waals surface area contributed by atoms with E-state index in [-0.39, 0.29) is 24.9 Å². The van der Waals surface area contributed by atoms with E-state index in [4.69, 9.17) is 4.52 Å². The van der Waals surface area contributed by atoms with Gasteiger partial charge in [0.05, 0.1) is 6.04 Å². The maximum Gasteiger partial charge on any atom is 0.246 e. The molecule has 1 aromatic heterocycles. The molecule has 1 atom stereocenters. The number of piperazine rings is 1. The van der Waals surface area contributed by atoms with Gasteiger partial charge in [0.25, 0.3) is 0 Å². The number of sulfonamides is 1. The van der Waals surface area contributed by atoms with Gasteiger partial charge in [-0.1, -0.05) is 5.16 Å². The lowest BCUT2D eigenvalue weighted by molar-refractivity contribution is 0.124. The Balaban J connectivity index is 1.44. The van der Waals surface area contributed by atoms with E-state index < -0.39 is 26.6 Å². The van der Waals surface area contributed by atoms with Crippen LogP contribution in [0.3, 0.4) is 0 Å². The molecule has 7 nitrogen and oxygen atoms in total. The average Bonchev–Trinajstić information content (AvgIpc) is 3.25. The molecule has 1 saturated heterocycles. The van der Waals surface area contributed by atoms with Gasteiger partial charge in [0.2, 0.25) is 21.7 Å². The minimum absolute atomic E-state index is 0.127. The largest absolute Gasteiger partial charge is 0.337 e. The van der Waals surface area contributed by atoms with E-state index in [1.165, 1.54) is 10.4 Å². The smallest absolute Gasteiger partial charge is 0.246 e. The van der Waals surface area contributed by atoms with Gasteiger partial charge < -0.3 is 4.52 Å². The van der Waals surface area contributed by atoms with Crippen molar-refractivity contribution in [3.8, 4) is 11.4 Å². The van der Waals surface area contributed by atoms with Gasteiger partial charge in [-0.05, 0) is 49.7 Å². The Kier molecular flexibility index (Phi) is 6.06. The van der Waals surface area contributed by atoms with Crippen molar-refractivity contribution in [2.75, 3.05) is 26.2 Å². The maximum atomic E-state index is 14.0. The number of nitrogens with zero attached hydrogens (tertiary/aromatic N) is 4. The van der Waals surface area contributed by atoms with Crippen molar-refractivity contribution in [2.24, 2.45) is 0 Å². The molecule has 32 heavy (non-hydrogen) atoms. The highest BCUT2D eigenvalue weighted by atomic mass is 32.2. The number of aromatic nitrogens is 2. The molecule has 11 heteroatoms. The van der Waals surface area contributed by atoms with Gasteiger partial charge in [0.1, 0.15) is 22.3 Å². The molecule has 1 aliphatic heterocycles. The fraction of sp³-hybridized carbons (Fsp3) is 0.333. The maximum absolute atomic E-state index is 14.0. The highest BCUT2D eigenvalue weighted by Crippen LogP contribution is 2.27. The summed E-state index contributed by atoms with van der Waals surface area (Å²) in [4.78, 5) is 5.83. The van der Waals surface area contributed by atoms with E-state index >= 15 is 0 Å². The van der Waals surface area contributed by atoms with Crippen molar-refractivity contribution >= 4 is 10.0 Å². The molecule has 0 radical (unpaired) electrons. The van der Waals surface area contributed by atoms with E-state index in [0.29, 0.717) is 42.0 Å². The van der Waals surface area contributed by atoms with Crippen molar-refractivity contribution in [1.82, 2.24) is 19.3 Å². The number of aryl methyl sites for hydroxylation is 1. The molecule has 2 heterocycles. The number of hydrogen-bond acceptors (Lipinski definition) is 6. The monoisotopic (exact) mass is 466 g/mol. The second kappa shape index (κ2) is 8.64. The first-order valence-electron chi connectivity index (χ1n) is 9.96. The third kappa shape index (κ3) is 4.27. The number of hydrogen-bond donors (Lipinski definition) is 0. The lowest BCUT2D eigenvalue weighted by Crippen LogP contribution is -2.49. The van der Waals surface area contributed by atoms with Crippen LogP contribution in [0.25, 0.3) is 11.4 Å². The third-order valence-corrected chi connectivity index (χ3v) is 7.48. The summed E-state index contributed by atoms with van der Waals surface area (Å²) in [7, 11) is -4.08. The fourth-order valence-electron chi connectivity index (χ4n) is 3.62. The van der Waals surface area contributed by atoms with E-state index in [1.54, 1.807) is 19.1 Å². The number of halogens is 3. The van der Waals surface area contributed by atoms with E-state index in [0.717, 1.165) is 12.1 Å². The zero-order valence-corrected chi connectivity index (χ0v) is 18.2. The lowest BCUT2D eigenvalue weighted by atomic mass is 10.1. The Labute approximate surface area is 183 Å². The Morgan fingerprint density at radius 2 is 1.72 bits per heavy atom. The first-order chi connectivity index (χ1) is 15.2. The number of benzene rings is 2. The van der Waals surface area contributed by atoms with Gasteiger partial charge in [0.15, 0.2) is 0 Å². The van der Waals surface area contributed by atoms with Gasteiger partial charge in [-0.25, -0.2) is 21.6 Å². The Bertz CT molecular complexity index is 1240. The van der Waals surface area contributed by atoms with Crippen LogP contribution in [0.2, 0.25) is 0 Å². The normalized spacial score (nSPS) is 16.9. The molecule has 1 fully saturated rings. The molecular weight excluding hydrogens is 445 g/mol. The molecule has 1 aliphatic rings. The molecule has 4 rings (SSSR count). The van der Waals surface area contributed by atoms with Crippen LogP contribution in [0, 0.1) is 24.4 Å². The minimum Gasteiger partial charge on any atom is -0.337 e. The van der Waals surface area contributed by atoms with Crippen LogP contribution >= 0.6 is 0 Å². The summed E-state index contributed by atoms with van der Waals surface area (Å²) in [6.07, 6.45) is 0. The molecule has 0 amide bonds. The summed E-state index contributed by atoms with van der Waals surface area (Å²) >= 11 is 0. The van der Waals surface area contributed by atoms with Crippen molar-refractivity contribution in [1.29, 1.82) is 0 Å². The van der Waals surface area contributed by atoms with Crippen molar-refractivity contribution in [3.05, 3.63) is 65.3 Å². The third-order valence-electron chi connectivity index (χ3n) is 5.55. The second-order valence-corrected chi connectivity index (χ2v) is 9.52. The van der Waals surface area contributed by atoms with Crippen LogP contribution in [-0.4, -0.2) is 53.9 Å². The van der Waals surface area contributed by atoms with Crippen molar-refractivity contribution in [2.45, 2.75) is 24.8 Å². The first kappa shape index (κ1) is 22.4. The predicted molar refractivity (Wildman–Crippen MR) is 110 cm³/mol. The van der Waals surface area contributed by atoms with Crippen LogP contribution < -0.4 is 0 Å².